The number of hydrogen-bond donors (Lipinski definition) is 0. The number of fused-ring (bicyclic) bond motifs is 1. The van der Waals surface area contributed by atoms with Crippen molar-refractivity contribution in [2.75, 3.05) is 13.7 Å². The number of benzene rings is 4. The van der Waals surface area contributed by atoms with Crippen molar-refractivity contribution < 1.29 is 14.2 Å². The van der Waals surface area contributed by atoms with Crippen molar-refractivity contribution in [1.82, 2.24) is 9.66 Å². The van der Waals surface area contributed by atoms with Gasteiger partial charge in [-0.05, 0) is 94.9 Å². The van der Waals surface area contributed by atoms with Crippen LogP contribution < -0.4 is 19.8 Å². The molecular formula is C35H32Br2ClN3O4. The van der Waals surface area contributed by atoms with Gasteiger partial charge in [-0.2, -0.15) is 9.78 Å². The number of ether oxygens (including phenoxy) is 3. The second kappa shape index (κ2) is 14.2. The van der Waals surface area contributed by atoms with E-state index in [9.17, 15) is 4.79 Å². The van der Waals surface area contributed by atoms with Crippen molar-refractivity contribution in [2.45, 2.75) is 40.2 Å². The number of nitrogens with zero attached hydrogens (tertiary/aromatic N) is 3. The second-order valence-electron chi connectivity index (χ2n) is 10.6. The maximum absolute atomic E-state index is 13.9. The largest absolute Gasteiger partial charge is 0.496 e. The summed E-state index contributed by atoms with van der Waals surface area (Å²) in [6, 6.07) is 20.9. The standard InChI is InChI=1S/C35H32Br2ClN3O4/c1-6-44-30-16-23(31(37)32(38)33(30)45-19-22-11-13-24(36)14-12-22)18-39-41-34(40-28-10-8-7-9-25(28)35(41)42)27-17-26(20(2)3)29(43-5)15-21(27)4/h7-18,20H,6,19H2,1-5H3. The van der Waals surface area contributed by atoms with Crippen molar-refractivity contribution in [3.05, 3.63) is 113 Å². The molecule has 0 radical (unpaired) electrons. The van der Waals surface area contributed by atoms with E-state index in [1.807, 2.05) is 68.4 Å². The first-order chi connectivity index (χ1) is 21.6. The molecule has 0 aliphatic heterocycles. The highest BCUT2D eigenvalue weighted by molar-refractivity contribution is 9.10. The Balaban J connectivity index is 1.63. The predicted octanol–water partition coefficient (Wildman–Crippen LogP) is 9.54. The third-order valence-electron chi connectivity index (χ3n) is 7.26. The number of methoxy groups -OCH3 is 1. The Bertz CT molecular complexity index is 1960. The maximum Gasteiger partial charge on any atom is 0.282 e. The molecule has 0 atom stereocenters. The molecule has 232 valence electrons. The molecule has 4 aromatic carbocycles. The van der Waals surface area contributed by atoms with Crippen LogP contribution in [-0.4, -0.2) is 29.6 Å². The molecule has 7 nitrogen and oxygen atoms in total. The molecule has 0 fully saturated rings. The van der Waals surface area contributed by atoms with Gasteiger partial charge in [-0.1, -0.05) is 65.6 Å². The fourth-order valence-electron chi connectivity index (χ4n) is 4.92. The lowest BCUT2D eigenvalue weighted by Crippen LogP contribution is -2.21. The van der Waals surface area contributed by atoms with Crippen LogP contribution in [0.25, 0.3) is 22.3 Å². The first-order valence-electron chi connectivity index (χ1n) is 14.4. The number of rotatable bonds is 10. The molecule has 45 heavy (non-hydrogen) atoms. The van der Waals surface area contributed by atoms with Crippen LogP contribution in [-0.2, 0) is 6.61 Å². The van der Waals surface area contributed by atoms with Crippen LogP contribution in [0.3, 0.4) is 0 Å². The SMILES string of the molecule is CCOc1cc(C=Nn2c(-c3cc(C(C)C)c(OC)cc3C)nc3ccccc3c2=O)c(Br)c(Cl)c1OCc1ccc(Br)cc1. The summed E-state index contributed by atoms with van der Waals surface area (Å²) in [4.78, 5) is 18.8. The normalized spacial score (nSPS) is 11.5. The fourth-order valence-corrected chi connectivity index (χ4v) is 5.84. The van der Waals surface area contributed by atoms with Crippen LogP contribution >= 0.6 is 43.5 Å². The van der Waals surface area contributed by atoms with Gasteiger partial charge in [-0.3, -0.25) is 4.79 Å². The minimum Gasteiger partial charge on any atom is -0.496 e. The van der Waals surface area contributed by atoms with Gasteiger partial charge in [0.1, 0.15) is 17.4 Å². The topological polar surface area (TPSA) is 74.9 Å². The summed E-state index contributed by atoms with van der Waals surface area (Å²) in [6.45, 7) is 8.75. The number of halogens is 3. The Morgan fingerprint density at radius 2 is 1.76 bits per heavy atom. The second-order valence-corrected chi connectivity index (χ2v) is 12.7. The van der Waals surface area contributed by atoms with Gasteiger partial charge in [-0.25, -0.2) is 4.98 Å². The zero-order valence-corrected chi connectivity index (χ0v) is 29.5. The van der Waals surface area contributed by atoms with E-state index in [4.69, 9.17) is 35.9 Å². The summed E-state index contributed by atoms with van der Waals surface area (Å²) < 4.78 is 20.6. The zero-order chi connectivity index (χ0) is 32.2. The molecule has 0 aliphatic carbocycles. The molecule has 0 saturated heterocycles. The Morgan fingerprint density at radius 1 is 1.02 bits per heavy atom. The number of hydrogen-bond acceptors (Lipinski definition) is 6. The predicted molar refractivity (Wildman–Crippen MR) is 189 cm³/mol. The molecule has 5 aromatic rings. The Labute approximate surface area is 284 Å². The smallest absolute Gasteiger partial charge is 0.282 e. The zero-order valence-electron chi connectivity index (χ0n) is 25.5. The summed E-state index contributed by atoms with van der Waals surface area (Å²) in [7, 11) is 1.66. The molecule has 10 heteroatoms. The maximum atomic E-state index is 13.9. The number of aryl methyl sites for hydroxylation is 1. The quantitative estimate of drug-likeness (QED) is 0.133. The summed E-state index contributed by atoms with van der Waals surface area (Å²) in [5.74, 6) is 2.25. The van der Waals surface area contributed by atoms with Crippen LogP contribution in [0.4, 0.5) is 0 Å². The van der Waals surface area contributed by atoms with Crippen molar-refractivity contribution in [3.8, 4) is 28.6 Å². The molecule has 0 bridgehead atoms. The van der Waals surface area contributed by atoms with Gasteiger partial charge in [-0.15, -0.1) is 0 Å². The average Bonchev–Trinajstić information content (AvgIpc) is 3.03. The molecule has 0 aliphatic rings. The number of para-hydroxylation sites is 1. The lowest BCUT2D eigenvalue weighted by atomic mass is 9.96. The summed E-state index contributed by atoms with van der Waals surface area (Å²) >= 11 is 13.9. The highest BCUT2D eigenvalue weighted by Crippen LogP contribution is 2.43. The van der Waals surface area contributed by atoms with E-state index in [1.165, 1.54) is 4.68 Å². The van der Waals surface area contributed by atoms with Crippen LogP contribution in [0.15, 0.2) is 85.6 Å². The molecule has 0 amide bonds. The number of aromatic nitrogens is 2. The van der Waals surface area contributed by atoms with E-state index in [-0.39, 0.29) is 11.5 Å². The Kier molecular flexibility index (Phi) is 10.3. The van der Waals surface area contributed by atoms with E-state index in [0.29, 0.717) is 56.5 Å². The Hall–Kier alpha value is -3.66. The lowest BCUT2D eigenvalue weighted by Gasteiger charge is -2.18. The van der Waals surface area contributed by atoms with Crippen molar-refractivity contribution >= 4 is 60.6 Å². The van der Waals surface area contributed by atoms with E-state index in [2.05, 4.69) is 45.7 Å². The molecule has 0 saturated carbocycles. The molecule has 1 heterocycles. The first-order valence-corrected chi connectivity index (χ1v) is 16.4. The van der Waals surface area contributed by atoms with Crippen molar-refractivity contribution in [2.24, 2.45) is 5.10 Å². The molecule has 0 spiro atoms. The minimum absolute atomic E-state index is 0.183. The third kappa shape index (κ3) is 6.95. The van der Waals surface area contributed by atoms with Crippen molar-refractivity contribution in [3.63, 3.8) is 0 Å². The average molecular weight is 754 g/mol. The van der Waals surface area contributed by atoms with Crippen LogP contribution in [0, 0.1) is 6.92 Å². The van der Waals surface area contributed by atoms with Gasteiger partial charge in [0.25, 0.3) is 5.56 Å². The highest BCUT2D eigenvalue weighted by Gasteiger charge is 2.20. The van der Waals surface area contributed by atoms with E-state index < -0.39 is 0 Å². The van der Waals surface area contributed by atoms with Crippen molar-refractivity contribution in [1.29, 1.82) is 0 Å². The molecule has 5 rings (SSSR count). The lowest BCUT2D eigenvalue weighted by molar-refractivity contribution is 0.269. The molecule has 1 aromatic heterocycles. The fraction of sp³-hybridized carbons (Fsp3) is 0.229. The van der Waals surface area contributed by atoms with Gasteiger partial charge in [0, 0.05) is 20.1 Å². The van der Waals surface area contributed by atoms with E-state index in [0.717, 1.165) is 32.5 Å². The van der Waals surface area contributed by atoms with Gasteiger partial charge < -0.3 is 14.2 Å². The van der Waals surface area contributed by atoms with Gasteiger partial charge in [0.2, 0.25) is 0 Å². The highest BCUT2D eigenvalue weighted by atomic mass is 79.9. The molecule has 0 N–H and O–H groups in total. The van der Waals surface area contributed by atoms with Crippen LogP contribution in [0.5, 0.6) is 17.2 Å². The van der Waals surface area contributed by atoms with E-state index in [1.54, 1.807) is 25.5 Å². The monoisotopic (exact) mass is 751 g/mol. The Morgan fingerprint density at radius 3 is 2.44 bits per heavy atom. The molecular weight excluding hydrogens is 722 g/mol. The third-order valence-corrected chi connectivity index (χ3v) is 9.23. The molecule has 0 unspecified atom stereocenters. The minimum atomic E-state index is -0.296. The van der Waals surface area contributed by atoms with Gasteiger partial charge in [0.05, 0.1) is 30.8 Å². The van der Waals surface area contributed by atoms with E-state index >= 15 is 0 Å². The van der Waals surface area contributed by atoms with Gasteiger partial charge in [0.15, 0.2) is 17.3 Å². The summed E-state index contributed by atoms with van der Waals surface area (Å²) in [5, 5.41) is 5.48. The van der Waals surface area contributed by atoms with Gasteiger partial charge >= 0.3 is 0 Å². The summed E-state index contributed by atoms with van der Waals surface area (Å²) in [6.07, 6.45) is 1.57. The summed E-state index contributed by atoms with van der Waals surface area (Å²) in [5.41, 5.74) is 4.55. The first kappa shape index (κ1) is 32.7. The van der Waals surface area contributed by atoms with Crippen LogP contribution in [0.2, 0.25) is 5.02 Å². The van der Waals surface area contributed by atoms with Crippen LogP contribution in [0.1, 0.15) is 48.9 Å².